The molecule has 4 nitrogen and oxygen atoms in total. The number of rotatable bonds is 4. The van der Waals surface area contributed by atoms with Crippen LogP contribution in [0.25, 0.3) is 0 Å². The summed E-state index contributed by atoms with van der Waals surface area (Å²) in [5.74, 6) is 0. The predicted molar refractivity (Wildman–Crippen MR) is 87.7 cm³/mol. The molecule has 3 rings (SSSR count). The van der Waals surface area contributed by atoms with Crippen molar-refractivity contribution in [1.29, 1.82) is 0 Å². The highest BCUT2D eigenvalue weighted by molar-refractivity contribution is 5.70. The second kappa shape index (κ2) is 6.50. The maximum Gasteiger partial charge on any atom is 0.0642 e. The molecule has 0 aliphatic carbocycles. The van der Waals surface area contributed by atoms with Crippen LogP contribution in [0.5, 0.6) is 0 Å². The quantitative estimate of drug-likeness (QED) is 0.847. The lowest BCUT2D eigenvalue weighted by molar-refractivity contribution is 0.123. The summed E-state index contributed by atoms with van der Waals surface area (Å²) in [5.41, 5.74) is 10.1. The molecular formula is C17H21N3O. The van der Waals surface area contributed by atoms with E-state index in [2.05, 4.69) is 46.6 Å². The number of hydrogen-bond donors (Lipinski definition) is 2. The number of morpholine rings is 1. The topological polar surface area (TPSA) is 50.5 Å². The summed E-state index contributed by atoms with van der Waals surface area (Å²) >= 11 is 0. The van der Waals surface area contributed by atoms with Gasteiger partial charge in [-0.15, -0.1) is 0 Å². The molecule has 1 saturated heterocycles. The fourth-order valence-electron chi connectivity index (χ4n) is 2.54. The number of hydrogen-bond acceptors (Lipinski definition) is 4. The van der Waals surface area contributed by atoms with Crippen molar-refractivity contribution < 1.29 is 4.74 Å². The highest BCUT2D eigenvalue weighted by Crippen LogP contribution is 2.26. The van der Waals surface area contributed by atoms with E-state index < -0.39 is 0 Å². The average molecular weight is 283 g/mol. The fraction of sp³-hybridized carbons (Fsp3) is 0.294. The zero-order valence-electron chi connectivity index (χ0n) is 12.1. The van der Waals surface area contributed by atoms with E-state index in [1.54, 1.807) is 0 Å². The maximum atomic E-state index is 5.72. The Morgan fingerprint density at radius 3 is 2.48 bits per heavy atom. The molecule has 4 heteroatoms. The van der Waals surface area contributed by atoms with Crippen LogP contribution in [0, 0.1) is 0 Å². The summed E-state index contributed by atoms with van der Waals surface area (Å²) in [5, 5.41) is 3.52. The molecule has 2 aromatic carbocycles. The first kappa shape index (κ1) is 13.8. The van der Waals surface area contributed by atoms with Gasteiger partial charge in [0, 0.05) is 25.3 Å². The second-order valence-corrected chi connectivity index (χ2v) is 5.21. The van der Waals surface area contributed by atoms with Gasteiger partial charge in [0.1, 0.15) is 0 Å². The van der Waals surface area contributed by atoms with Crippen LogP contribution in [0.15, 0.2) is 48.5 Å². The Morgan fingerprint density at radius 2 is 1.71 bits per heavy atom. The number of anilines is 3. The van der Waals surface area contributed by atoms with Gasteiger partial charge in [-0.3, -0.25) is 0 Å². The van der Waals surface area contributed by atoms with E-state index in [-0.39, 0.29) is 0 Å². The summed E-state index contributed by atoms with van der Waals surface area (Å²) in [6.07, 6.45) is 0. The van der Waals surface area contributed by atoms with Crippen molar-refractivity contribution >= 4 is 17.1 Å². The highest BCUT2D eigenvalue weighted by atomic mass is 16.5. The molecule has 3 N–H and O–H groups in total. The Kier molecular flexibility index (Phi) is 4.26. The number of ether oxygens (including phenoxy) is 1. The van der Waals surface area contributed by atoms with Crippen molar-refractivity contribution in [2.45, 2.75) is 6.54 Å². The van der Waals surface area contributed by atoms with Gasteiger partial charge in [-0.25, -0.2) is 0 Å². The SMILES string of the molecule is Nc1ccc(CNc2ccccc2N2CCOCC2)cc1. The fourth-order valence-corrected chi connectivity index (χ4v) is 2.54. The van der Waals surface area contributed by atoms with Gasteiger partial charge in [0.2, 0.25) is 0 Å². The standard InChI is InChI=1S/C17H21N3O/c18-15-7-5-14(6-8-15)13-19-16-3-1-2-4-17(16)20-9-11-21-12-10-20/h1-8,19H,9-13,18H2. The summed E-state index contributed by atoms with van der Waals surface area (Å²) in [4.78, 5) is 2.37. The smallest absolute Gasteiger partial charge is 0.0642 e. The Balaban J connectivity index is 1.71. The van der Waals surface area contributed by atoms with E-state index in [1.807, 2.05) is 12.1 Å². The maximum absolute atomic E-state index is 5.72. The number of nitrogens with one attached hydrogen (secondary N) is 1. The monoisotopic (exact) mass is 283 g/mol. The lowest BCUT2D eigenvalue weighted by Gasteiger charge is -2.30. The minimum Gasteiger partial charge on any atom is -0.399 e. The van der Waals surface area contributed by atoms with Gasteiger partial charge in [0.15, 0.2) is 0 Å². The molecule has 0 atom stereocenters. The third-order valence-corrected chi connectivity index (χ3v) is 3.72. The largest absolute Gasteiger partial charge is 0.399 e. The molecular weight excluding hydrogens is 262 g/mol. The van der Waals surface area contributed by atoms with Gasteiger partial charge in [-0.05, 0) is 29.8 Å². The molecule has 2 aromatic rings. The second-order valence-electron chi connectivity index (χ2n) is 5.21. The number of benzene rings is 2. The molecule has 1 aliphatic heterocycles. The van der Waals surface area contributed by atoms with Crippen molar-refractivity contribution in [2.24, 2.45) is 0 Å². The van der Waals surface area contributed by atoms with Gasteiger partial charge in [0.25, 0.3) is 0 Å². The third kappa shape index (κ3) is 3.47. The van der Waals surface area contributed by atoms with E-state index in [0.717, 1.165) is 44.2 Å². The lowest BCUT2D eigenvalue weighted by atomic mass is 10.2. The summed E-state index contributed by atoms with van der Waals surface area (Å²) < 4.78 is 5.43. The molecule has 0 spiro atoms. The molecule has 110 valence electrons. The first-order chi connectivity index (χ1) is 10.3. The summed E-state index contributed by atoms with van der Waals surface area (Å²) in [6, 6.07) is 16.4. The van der Waals surface area contributed by atoms with Gasteiger partial charge in [-0.2, -0.15) is 0 Å². The van der Waals surface area contributed by atoms with Gasteiger partial charge < -0.3 is 20.7 Å². The van der Waals surface area contributed by atoms with Crippen LogP contribution in [0.4, 0.5) is 17.1 Å². The van der Waals surface area contributed by atoms with Crippen LogP contribution in [0.1, 0.15) is 5.56 Å². The van der Waals surface area contributed by atoms with E-state index in [1.165, 1.54) is 11.3 Å². The molecule has 0 amide bonds. The summed E-state index contributed by atoms with van der Waals surface area (Å²) in [6.45, 7) is 4.28. The Hall–Kier alpha value is -2.20. The third-order valence-electron chi connectivity index (χ3n) is 3.72. The van der Waals surface area contributed by atoms with E-state index in [4.69, 9.17) is 10.5 Å². The van der Waals surface area contributed by atoms with Gasteiger partial charge in [0.05, 0.1) is 24.6 Å². The molecule has 0 bridgehead atoms. The van der Waals surface area contributed by atoms with Crippen molar-refractivity contribution in [1.82, 2.24) is 0 Å². The number of para-hydroxylation sites is 2. The van der Waals surface area contributed by atoms with Gasteiger partial charge >= 0.3 is 0 Å². The van der Waals surface area contributed by atoms with E-state index in [0.29, 0.717) is 0 Å². The van der Waals surface area contributed by atoms with Crippen LogP contribution in [-0.2, 0) is 11.3 Å². The summed E-state index contributed by atoms with van der Waals surface area (Å²) in [7, 11) is 0. The Labute approximate surface area is 125 Å². The van der Waals surface area contributed by atoms with Crippen molar-refractivity contribution in [3.05, 3.63) is 54.1 Å². The first-order valence-corrected chi connectivity index (χ1v) is 7.33. The minimum absolute atomic E-state index is 0.793. The van der Waals surface area contributed by atoms with Crippen LogP contribution in [0.2, 0.25) is 0 Å². The highest BCUT2D eigenvalue weighted by Gasteiger charge is 2.14. The molecule has 0 unspecified atom stereocenters. The predicted octanol–water partition coefficient (Wildman–Crippen LogP) is 2.72. The molecule has 0 saturated carbocycles. The Bertz CT molecular complexity index is 577. The minimum atomic E-state index is 0.793. The molecule has 21 heavy (non-hydrogen) atoms. The zero-order chi connectivity index (χ0) is 14.5. The van der Waals surface area contributed by atoms with Crippen molar-refractivity contribution in [3.63, 3.8) is 0 Å². The molecule has 1 heterocycles. The molecule has 0 aromatic heterocycles. The van der Waals surface area contributed by atoms with E-state index >= 15 is 0 Å². The number of nitrogens with two attached hydrogens (primary N) is 1. The van der Waals surface area contributed by atoms with Crippen LogP contribution >= 0.6 is 0 Å². The van der Waals surface area contributed by atoms with Crippen LogP contribution < -0.4 is 16.0 Å². The van der Waals surface area contributed by atoms with Gasteiger partial charge in [-0.1, -0.05) is 24.3 Å². The van der Waals surface area contributed by atoms with Crippen molar-refractivity contribution in [2.75, 3.05) is 42.3 Å². The lowest BCUT2D eigenvalue weighted by Crippen LogP contribution is -2.36. The van der Waals surface area contributed by atoms with Crippen LogP contribution in [0.3, 0.4) is 0 Å². The molecule has 1 aliphatic rings. The average Bonchev–Trinajstić information content (AvgIpc) is 2.55. The zero-order valence-corrected chi connectivity index (χ0v) is 12.1. The molecule has 1 fully saturated rings. The van der Waals surface area contributed by atoms with E-state index in [9.17, 15) is 0 Å². The Morgan fingerprint density at radius 1 is 1.00 bits per heavy atom. The number of nitrogens with zero attached hydrogens (tertiary/aromatic N) is 1. The first-order valence-electron chi connectivity index (χ1n) is 7.33. The van der Waals surface area contributed by atoms with Crippen molar-refractivity contribution in [3.8, 4) is 0 Å². The molecule has 0 radical (unpaired) electrons. The normalized spacial score (nSPS) is 15.0. The van der Waals surface area contributed by atoms with Crippen LogP contribution in [-0.4, -0.2) is 26.3 Å². The number of nitrogen functional groups attached to an aromatic ring is 1.